The molecule has 2 aromatic rings. The van der Waals surface area contributed by atoms with Crippen molar-refractivity contribution >= 4 is 5.78 Å². The van der Waals surface area contributed by atoms with E-state index in [1.807, 2.05) is 31.2 Å². The number of rotatable bonds is 7. The minimum Gasteiger partial charge on any atom is -0.506 e. The van der Waals surface area contributed by atoms with Gasteiger partial charge in [0.15, 0.2) is 12.4 Å². The second-order valence-electron chi connectivity index (χ2n) is 10.4. The molecule has 4 rings (SSSR count). The lowest BCUT2D eigenvalue weighted by molar-refractivity contribution is 0.0803. The number of nitrogens with zero attached hydrogens (tertiary/aromatic N) is 3. The summed E-state index contributed by atoms with van der Waals surface area (Å²) in [5.41, 5.74) is 1.04. The highest BCUT2D eigenvalue weighted by atomic mass is 16.5. The van der Waals surface area contributed by atoms with Crippen molar-refractivity contribution in [3.8, 4) is 34.8 Å². The standard InChI is InChI=1S/C31H33N3O4/c1-4-5-24-25-16-19(2)6-11-23(25)20(3)17-26(24)29(35)28-30(36)27(18-34(14-12-32)31(28)37)21-7-9-22(10-8-21)38-15-13-33/h4-5,7-10,17-19,23-26,36H,6,11,14-16H2,1-3H3/b5-4+/t19-,23+,24+,25-,26+/m0/s1. The highest BCUT2D eigenvalue weighted by Gasteiger charge is 2.44. The molecule has 1 heterocycles. The number of Topliss-reactive ketones (excluding diaryl/α,β-unsaturated/α-hetero) is 1. The van der Waals surface area contributed by atoms with E-state index in [0.29, 0.717) is 29.1 Å². The normalized spacial score (nSPS) is 24.7. The van der Waals surface area contributed by atoms with Gasteiger partial charge >= 0.3 is 0 Å². The fraction of sp³-hybridized carbons (Fsp3) is 0.419. The van der Waals surface area contributed by atoms with Crippen LogP contribution in [-0.2, 0) is 6.54 Å². The van der Waals surface area contributed by atoms with Crippen LogP contribution in [-0.4, -0.2) is 22.1 Å². The van der Waals surface area contributed by atoms with E-state index in [9.17, 15) is 20.0 Å². The minimum atomic E-state index is -0.670. The number of pyridine rings is 1. The molecule has 5 atom stereocenters. The molecule has 0 saturated heterocycles. The van der Waals surface area contributed by atoms with Gasteiger partial charge < -0.3 is 14.4 Å². The molecule has 38 heavy (non-hydrogen) atoms. The van der Waals surface area contributed by atoms with Gasteiger partial charge in [-0.1, -0.05) is 49.3 Å². The largest absolute Gasteiger partial charge is 0.506 e. The van der Waals surface area contributed by atoms with Gasteiger partial charge in [-0.2, -0.15) is 10.5 Å². The molecule has 1 aromatic heterocycles. The van der Waals surface area contributed by atoms with Crippen LogP contribution < -0.4 is 10.3 Å². The summed E-state index contributed by atoms with van der Waals surface area (Å²) >= 11 is 0. The zero-order valence-electron chi connectivity index (χ0n) is 22.1. The number of carbonyl (C=O) groups is 1. The van der Waals surface area contributed by atoms with Crippen LogP contribution in [0.1, 0.15) is 50.4 Å². The monoisotopic (exact) mass is 511 g/mol. The molecule has 2 aliphatic carbocycles. The molecular weight excluding hydrogens is 478 g/mol. The second kappa shape index (κ2) is 11.5. The maximum absolute atomic E-state index is 14.2. The number of hydrogen-bond acceptors (Lipinski definition) is 6. The Morgan fingerprint density at radius 2 is 1.95 bits per heavy atom. The van der Waals surface area contributed by atoms with E-state index in [2.05, 4.69) is 19.9 Å². The molecule has 7 nitrogen and oxygen atoms in total. The third-order valence-corrected chi connectivity index (χ3v) is 8.02. The van der Waals surface area contributed by atoms with Crippen molar-refractivity contribution in [2.45, 2.75) is 46.6 Å². The van der Waals surface area contributed by atoms with Gasteiger partial charge in [0.25, 0.3) is 5.56 Å². The Kier molecular flexibility index (Phi) is 8.17. The first-order valence-corrected chi connectivity index (χ1v) is 13.1. The molecule has 0 aliphatic heterocycles. The fourth-order valence-electron chi connectivity index (χ4n) is 6.23. The van der Waals surface area contributed by atoms with Crippen molar-refractivity contribution < 1.29 is 14.6 Å². The van der Waals surface area contributed by atoms with Crippen LogP contribution in [0.5, 0.6) is 11.5 Å². The quantitative estimate of drug-likeness (QED) is 0.379. The Bertz CT molecular complexity index is 1400. The summed E-state index contributed by atoms with van der Waals surface area (Å²) in [7, 11) is 0. The highest BCUT2D eigenvalue weighted by molar-refractivity contribution is 6.03. The van der Waals surface area contributed by atoms with Crippen LogP contribution in [0.25, 0.3) is 11.1 Å². The zero-order chi connectivity index (χ0) is 27.4. The Morgan fingerprint density at radius 3 is 2.61 bits per heavy atom. The Morgan fingerprint density at radius 1 is 1.21 bits per heavy atom. The van der Waals surface area contributed by atoms with Crippen LogP contribution >= 0.6 is 0 Å². The summed E-state index contributed by atoms with van der Waals surface area (Å²) in [5.74, 6) is 0.282. The van der Waals surface area contributed by atoms with Gasteiger partial charge in [0.2, 0.25) is 0 Å². The average Bonchev–Trinajstić information content (AvgIpc) is 2.91. The molecule has 1 saturated carbocycles. The maximum atomic E-state index is 14.2. The Balaban J connectivity index is 1.82. The summed E-state index contributed by atoms with van der Waals surface area (Å²) in [5, 5.41) is 29.4. The Labute approximate surface area is 223 Å². The van der Waals surface area contributed by atoms with Crippen LogP contribution in [0, 0.1) is 52.3 Å². The minimum absolute atomic E-state index is 0.0765. The van der Waals surface area contributed by atoms with Crippen molar-refractivity contribution in [3.63, 3.8) is 0 Å². The lowest BCUT2D eigenvalue weighted by Gasteiger charge is -2.45. The Hall–Kier alpha value is -4.10. The summed E-state index contributed by atoms with van der Waals surface area (Å²) in [4.78, 5) is 27.6. The molecule has 0 unspecified atom stereocenters. The van der Waals surface area contributed by atoms with Gasteiger partial charge in [0, 0.05) is 17.7 Å². The van der Waals surface area contributed by atoms with Crippen molar-refractivity contribution in [3.05, 3.63) is 70.2 Å². The van der Waals surface area contributed by atoms with Crippen molar-refractivity contribution in [1.29, 1.82) is 10.5 Å². The lowest BCUT2D eigenvalue weighted by atomic mass is 9.59. The number of benzene rings is 1. The third-order valence-electron chi connectivity index (χ3n) is 8.02. The van der Waals surface area contributed by atoms with Crippen LogP contribution in [0.15, 0.2) is 59.1 Å². The van der Waals surface area contributed by atoms with Gasteiger partial charge in [-0.3, -0.25) is 9.59 Å². The number of aromatic nitrogens is 1. The number of aromatic hydroxyl groups is 1. The van der Waals surface area contributed by atoms with Crippen LogP contribution in [0.3, 0.4) is 0 Å². The summed E-state index contributed by atoms with van der Waals surface area (Å²) < 4.78 is 6.48. The molecule has 1 aromatic carbocycles. The van der Waals surface area contributed by atoms with Crippen molar-refractivity contribution in [2.75, 3.05) is 6.61 Å². The molecule has 0 spiro atoms. The summed E-state index contributed by atoms with van der Waals surface area (Å²) in [6.07, 6.45) is 10.7. The van der Waals surface area contributed by atoms with Gasteiger partial charge in [-0.15, -0.1) is 0 Å². The maximum Gasteiger partial charge on any atom is 0.266 e. The average molecular weight is 512 g/mol. The molecule has 0 radical (unpaired) electrons. The molecule has 0 bridgehead atoms. The molecular formula is C31H33N3O4. The van der Waals surface area contributed by atoms with E-state index >= 15 is 0 Å². The van der Waals surface area contributed by atoms with Gasteiger partial charge in [-0.05, 0) is 68.1 Å². The number of fused-ring (bicyclic) bond motifs is 1. The molecule has 2 aliphatic rings. The predicted molar refractivity (Wildman–Crippen MR) is 144 cm³/mol. The van der Waals surface area contributed by atoms with E-state index in [0.717, 1.165) is 19.3 Å². The summed E-state index contributed by atoms with van der Waals surface area (Å²) in [6, 6.07) is 10.5. The van der Waals surface area contributed by atoms with Gasteiger partial charge in [0.05, 0.1) is 6.07 Å². The molecule has 1 fully saturated rings. The number of allylic oxidation sites excluding steroid dienone is 4. The molecule has 0 amide bonds. The number of carbonyl (C=O) groups excluding carboxylic acids is 1. The van der Waals surface area contributed by atoms with Crippen LogP contribution in [0.4, 0.5) is 0 Å². The smallest absolute Gasteiger partial charge is 0.266 e. The van der Waals surface area contributed by atoms with Crippen molar-refractivity contribution in [2.24, 2.45) is 29.6 Å². The lowest BCUT2D eigenvalue weighted by Crippen LogP contribution is -2.41. The summed E-state index contributed by atoms with van der Waals surface area (Å²) in [6.45, 7) is 5.91. The number of ketones is 1. The predicted octanol–water partition coefficient (Wildman–Crippen LogP) is 5.65. The zero-order valence-corrected chi connectivity index (χ0v) is 22.1. The third kappa shape index (κ3) is 5.15. The van der Waals surface area contributed by atoms with Crippen LogP contribution in [0.2, 0.25) is 0 Å². The van der Waals surface area contributed by atoms with E-state index < -0.39 is 17.3 Å². The topological polar surface area (TPSA) is 116 Å². The van der Waals surface area contributed by atoms with Gasteiger partial charge in [-0.25, -0.2) is 0 Å². The number of hydrogen-bond donors (Lipinski definition) is 1. The second-order valence-corrected chi connectivity index (χ2v) is 10.4. The molecule has 196 valence electrons. The molecule has 7 heteroatoms. The van der Waals surface area contributed by atoms with E-state index in [-0.39, 0.29) is 35.9 Å². The number of nitriles is 2. The highest BCUT2D eigenvalue weighted by Crippen LogP contribution is 2.49. The first-order chi connectivity index (χ1) is 18.3. The first kappa shape index (κ1) is 26.9. The first-order valence-electron chi connectivity index (χ1n) is 13.1. The fourth-order valence-corrected chi connectivity index (χ4v) is 6.23. The van der Waals surface area contributed by atoms with E-state index in [4.69, 9.17) is 10.00 Å². The van der Waals surface area contributed by atoms with Gasteiger partial charge in [0.1, 0.15) is 29.7 Å². The SMILES string of the molecule is C/C=C/[C@@H]1[C@H]2C[C@@H](C)CC[C@@H]2C(C)=C[C@H]1C(=O)c1c(O)c(-c2ccc(OCC#N)cc2)cn(CC#N)c1=O. The van der Waals surface area contributed by atoms with Crippen molar-refractivity contribution in [1.82, 2.24) is 4.57 Å². The molecule has 1 N–H and O–H groups in total. The van der Waals surface area contributed by atoms with E-state index in [1.54, 1.807) is 24.3 Å². The van der Waals surface area contributed by atoms with E-state index in [1.165, 1.54) is 16.3 Å². The number of ether oxygens (including phenoxy) is 1.